The highest BCUT2D eigenvalue weighted by Crippen LogP contribution is 2.18. The van der Waals surface area contributed by atoms with E-state index >= 15 is 0 Å². The maximum atomic E-state index is 2.20. The van der Waals surface area contributed by atoms with Crippen LogP contribution >= 0.6 is 0 Å². The van der Waals surface area contributed by atoms with E-state index in [-0.39, 0.29) is 0 Å². The Balaban J connectivity index is 3.00. The van der Waals surface area contributed by atoms with Crippen LogP contribution in [0.5, 0.6) is 0 Å². The van der Waals surface area contributed by atoms with Gasteiger partial charge in [0.1, 0.15) is 0 Å². The molecule has 0 saturated carbocycles. The van der Waals surface area contributed by atoms with Crippen LogP contribution < -0.4 is 0 Å². The largest absolute Gasteiger partial charge is 0.0701 e. The van der Waals surface area contributed by atoms with Crippen molar-refractivity contribution in [3.05, 3.63) is 41.5 Å². The fourth-order valence-corrected chi connectivity index (χ4v) is 1.20. The van der Waals surface area contributed by atoms with E-state index in [1.54, 1.807) is 0 Å². The summed E-state index contributed by atoms with van der Waals surface area (Å²) in [5, 5.41) is 0. The Morgan fingerprint density at radius 1 is 1.08 bits per heavy atom. The Labute approximate surface area is 74.9 Å². The molecule has 0 atom stereocenters. The number of allylic oxidation sites excluding steroid dienone is 2. The lowest BCUT2D eigenvalue weighted by Crippen LogP contribution is -1.82. The quantitative estimate of drug-likeness (QED) is 0.615. The van der Waals surface area contributed by atoms with Crippen LogP contribution in [0.4, 0.5) is 0 Å². The van der Waals surface area contributed by atoms with E-state index in [2.05, 4.69) is 51.1 Å². The predicted molar refractivity (Wildman–Crippen MR) is 55.0 cm³/mol. The van der Waals surface area contributed by atoms with E-state index in [0.29, 0.717) is 0 Å². The first kappa shape index (κ1) is 9.05. The zero-order valence-electron chi connectivity index (χ0n) is 8.09. The summed E-state index contributed by atoms with van der Waals surface area (Å²) in [5.41, 5.74) is 4.23. The number of hydrogen-bond donors (Lipinski definition) is 0. The lowest BCUT2D eigenvalue weighted by atomic mass is 10.0. The van der Waals surface area contributed by atoms with E-state index in [1.807, 2.05) is 0 Å². The van der Waals surface area contributed by atoms with Gasteiger partial charge < -0.3 is 0 Å². The van der Waals surface area contributed by atoms with Crippen molar-refractivity contribution in [1.82, 2.24) is 0 Å². The molecule has 0 amide bonds. The molecule has 0 spiro atoms. The lowest BCUT2D eigenvalue weighted by molar-refractivity contribution is 1.10. The van der Waals surface area contributed by atoms with Crippen LogP contribution in [-0.4, -0.2) is 0 Å². The van der Waals surface area contributed by atoms with Gasteiger partial charge in [0.25, 0.3) is 0 Å². The van der Waals surface area contributed by atoms with Crippen LogP contribution in [0, 0.1) is 0 Å². The SMILES string of the molecule is CCC(C)=C(C)c1ccccc1. The molecule has 0 nitrogen and oxygen atoms in total. The summed E-state index contributed by atoms with van der Waals surface area (Å²) in [7, 11) is 0. The monoisotopic (exact) mass is 160 g/mol. The molecule has 0 unspecified atom stereocenters. The van der Waals surface area contributed by atoms with Crippen LogP contribution in [0.1, 0.15) is 32.8 Å². The molecule has 0 radical (unpaired) electrons. The fraction of sp³-hybridized carbons (Fsp3) is 0.333. The Hall–Kier alpha value is -1.04. The van der Waals surface area contributed by atoms with E-state index in [9.17, 15) is 0 Å². The molecule has 12 heavy (non-hydrogen) atoms. The van der Waals surface area contributed by atoms with Gasteiger partial charge in [0.2, 0.25) is 0 Å². The first-order chi connectivity index (χ1) is 5.75. The molecule has 0 saturated heterocycles. The second kappa shape index (κ2) is 4.10. The summed E-state index contributed by atoms with van der Waals surface area (Å²) < 4.78 is 0. The van der Waals surface area contributed by atoms with Crippen molar-refractivity contribution in [2.75, 3.05) is 0 Å². The van der Waals surface area contributed by atoms with Crippen LogP contribution in [0.2, 0.25) is 0 Å². The van der Waals surface area contributed by atoms with Crippen molar-refractivity contribution < 1.29 is 0 Å². The van der Waals surface area contributed by atoms with Crippen molar-refractivity contribution in [3.63, 3.8) is 0 Å². The molecule has 1 aromatic carbocycles. The van der Waals surface area contributed by atoms with Gasteiger partial charge in [-0.05, 0) is 31.4 Å². The molecular weight excluding hydrogens is 144 g/mol. The number of hydrogen-bond acceptors (Lipinski definition) is 0. The van der Waals surface area contributed by atoms with Crippen molar-refractivity contribution in [2.24, 2.45) is 0 Å². The average Bonchev–Trinajstić information content (AvgIpc) is 2.17. The highest BCUT2D eigenvalue weighted by molar-refractivity contribution is 5.66. The zero-order valence-corrected chi connectivity index (χ0v) is 8.09. The Morgan fingerprint density at radius 2 is 1.67 bits per heavy atom. The molecule has 0 aliphatic carbocycles. The fourth-order valence-electron chi connectivity index (χ4n) is 1.20. The molecule has 0 aliphatic rings. The summed E-state index contributed by atoms with van der Waals surface area (Å²) in [6.07, 6.45) is 1.14. The van der Waals surface area contributed by atoms with E-state index in [4.69, 9.17) is 0 Å². The molecule has 0 heteroatoms. The third kappa shape index (κ3) is 1.97. The summed E-state index contributed by atoms with van der Waals surface area (Å²) in [5.74, 6) is 0. The van der Waals surface area contributed by atoms with Gasteiger partial charge in [0.05, 0.1) is 0 Å². The van der Waals surface area contributed by atoms with Crippen LogP contribution in [0.15, 0.2) is 35.9 Å². The minimum atomic E-state index is 1.14. The first-order valence-electron chi connectivity index (χ1n) is 4.47. The lowest BCUT2D eigenvalue weighted by Gasteiger charge is -2.05. The summed E-state index contributed by atoms with van der Waals surface area (Å²) >= 11 is 0. The maximum Gasteiger partial charge on any atom is -0.0228 e. The van der Waals surface area contributed by atoms with Gasteiger partial charge in [-0.3, -0.25) is 0 Å². The highest BCUT2D eigenvalue weighted by Gasteiger charge is 1.96. The number of rotatable bonds is 2. The van der Waals surface area contributed by atoms with E-state index < -0.39 is 0 Å². The van der Waals surface area contributed by atoms with E-state index in [1.165, 1.54) is 16.7 Å². The molecule has 1 aromatic rings. The van der Waals surface area contributed by atoms with E-state index in [0.717, 1.165) is 6.42 Å². The molecule has 64 valence electrons. The Kier molecular flexibility index (Phi) is 3.09. The molecule has 0 aromatic heterocycles. The van der Waals surface area contributed by atoms with Gasteiger partial charge in [0.15, 0.2) is 0 Å². The second-order valence-electron chi connectivity index (χ2n) is 3.12. The van der Waals surface area contributed by atoms with Crippen molar-refractivity contribution in [3.8, 4) is 0 Å². The van der Waals surface area contributed by atoms with Crippen LogP contribution in [0.25, 0.3) is 5.57 Å². The average molecular weight is 160 g/mol. The molecule has 1 rings (SSSR count). The molecule has 0 aliphatic heterocycles. The second-order valence-corrected chi connectivity index (χ2v) is 3.12. The summed E-state index contributed by atoms with van der Waals surface area (Å²) in [6.45, 7) is 6.58. The number of benzene rings is 1. The van der Waals surface area contributed by atoms with Crippen LogP contribution in [0.3, 0.4) is 0 Å². The highest BCUT2D eigenvalue weighted by atomic mass is 14.0. The Bertz CT molecular complexity index is 267. The third-order valence-electron chi connectivity index (χ3n) is 2.38. The molecule has 0 fully saturated rings. The van der Waals surface area contributed by atoms with Crippen molar-refractivity contribution in [1.29, 1.82) is 0 Å². The molecule has 0 heterocycles. The minimum Gasteiger partial charge on any atom is -0.0701 e. The smallest absolute Gasteiger partial charge is 0.0228 e. The normalized spacial score (nSPS) is 12.6. The molecule has 0 bridgehead atoms. The maximum absolute atomic E-state index is 2.20. The minimum absolute atomic E-state index is 1.14. The summed E-state index contributed by atoms with van der Waals surface area (Å²) in [4.78, 5) is 0. The van der Waals surface area contributed by atoms with Gasteiger partial charge >= 0.3 is 0 Å². The molecular formula is C12H16. The van der Waals surface area contributed by atoms with Gasteiger partial charge in [-0.2, -0.15) is 0 Å². The summed E-state index contributed by atoms with van der Waals surface area (Å²) in [6, 6.07) is 10.5. The van der Waals surface area contributed by atoms with Gasteiger partial charge in [-0.15, -0.1) is 0 Å². The van der Waals surface area contributed by atoms with Crippen molar-refractivity contribution >= 4 is 5.57 Å². The molecule has 0 N–H and O–H groups in total. The standard InChI is InChI=1S/C12H16/c1-4-10(2)11(3)12-8-6-5-7-9-12/h5-9H,4H2,1-3H3. The van der Waals surface area contributed by atoms with Crippen molar-refractivity contribution in [2.45, 2.75) is 27.2 Å². The van der Waals surface area contributed by atoms with Gasteiger partial charge in [-0.1, -0.05) is 42.8 Å². The topological polar surface area (TPSA) is 0 Å². The van der Waals surface area contributed by atoms with Gasteiger partial charge in [-0.25, -0.2) is 0 Å². The van der Waals surface area contributed by atoms with Crippen LogP contribution in [-0.2, 0) is 0 Å². The Morgan fingerprint density at radius 3 is 2.17 bits per heavy atom. The first-order valence-corrected chi connectivity index (χ1v) is 4.47. The van der Waals surface area contributed by atoms with Gasteiger partial charge in [0, 0.05) is 0 Å². The predicted octanol–water partition coefficient (Wildman–Crippen LogP) is 3.89. The zero-order chi connectivity index (χ0) is 8.97. The third-order valence-corrected chi connectivity index (χ3v) is 2.38.